The van der Waals surface area contributed by atoms with Gasteiger partial charge in [0.05, 0.1) is 7.11 Å². The highest BCUT2D eigenvalue weighted by Crippen LogP contribution is 2.21. The lowest BCUT2D eigenvalue weighted by atomic mass is 9.85. The number of hydrogen-bond donors (Lipinski definition) is 1. The molecule has 5 heteroatoms. The molecule has 0 radical (unpaired) electrons. The van der Waals surface area contributed by atoms with Crippen LogP contribution >= 0.6 is 11.6 Å². The Morgan fingerprint density at radius 3 is 2.32 bits per heavy atom. The Bertz CT molecular complexity index is 487. The minimum absolute atomic E-state index is 0.0406. The van der Waals surface area contributed by atoms with Gasteiger partial charge in [-0.15, -0.1) is 0 Å². The van der Waals surface area contributed by atoms with Gasteiger partial charge in [0.2, 0.25) is 5.91 Å². The largest absolute Gasteiger partial charge is 0.467 e. The van der Waals surface area contributed by atoms with Gasteiger partial charge in [-0.25, -0.2) is 4.79 Å². The van der Waals surface area contributed by atoms with E-state index in [1.807, 2.05) is 45.0 Å². The van der Waals surface area contributed by atoms with Crippen LogP contribution in [0.25, 0.3) is 0 Å². The smallest absolute Gasteiger partial charge is 0.331 e. The van der Waals surface area contributed by atoms with E-state index in [1.165, 1.54) is 19.6 Å². The number of methoxy groups -OCH3 is 1. The summed E-state index contributed by atoms with van der Waals surface area (Å²) in [4.78, 5) is 22.5. The van der Waals surface area contributed by atoms with E-state index in [4.69, 9.17) is 11.6 Å². The van der Waals surface area contributed by atoms with E-state index in [0.717, 1.165) is 11.4 Å². The minimum atomic E-state index is -0.921. The highest BCUT2D eigenvalue weighted by atomic mass is 35.5. The molecule has 0 saturated carbocycles. The molecule has 0 aliphatic heterocycles. The molecule has 0 aliphatic rings. The molecule has 0 heterocycles. The van der Waals surface area contributed by atoms with Crippen molar-refractivity contribution in [3.8, 4) is 0 Å². The standard InChI is InChI=1S/C10H19NO3.C7H7Cl/c1-6-7(2)10(4,9(13)14-5)11-8(3)12;1-6-3-2-4-7(8)5-6/h7H,6H2,1-5H3,(H,11,12);2-5H,1H3. The Morgan fingerprint density at radius 1 is 1.41 bits per heavy atom. The normalized spacial score (nSPS) is 14.0. The van der Waals surface area contributed by atoms with Crippen LogP contribution in [0.5, 0.6) is 0 Å². The highest BCUT2D eigenvalue weighted by Gasteiger charge is 2.39. The number of rotatable bonds is 4. The number of benzene rings is 1. The van der Waals surface area contributed by atoms with Gasteiger partial charge in [0.1, 0.15) is 5.54 Å². The van der Waals surface area contributed by atoms with Crippen molar-refractivity contribution in [2.45, 2.75) is 46.6 Å². The monoisotopic (exact) mass is 327 g/mol. The molecular formula is C17H26ClNO3. The zero-order valence-electron chi connectivity index (χ0n) is 14.2. The number of nitrogens with one attached hydrogen (secondary N) is 1. The van der Waals surface area contributed by atoms with Gasteiger partial charge >= 0.3 is 5.97 Å². The number of carbonyl (C=O) groups is 2. The lowest BCUT2D eigenvalue weighted by molar-refractivity contribution is -0.152. The molecule has 1 N–H and O–H groups in total. The molecule has 22 heavy (non-hydrogen) atoms. The molecule has 0 fully saturated rings. The first-order valence-electron chi connectivity index (χ1n) is 7.26. The maximum Gasteiger partial charge on any atom is 0.331 e. The van der Waals surface area contributed by atoms with Crippen molar-refractivity contribution in [1.82, 2.24) is 5.32 Å². The molecular weight excluding hydrogens is 302 g/mol. The zero-order chi connectivity index (χ0) is 17.3. The molecule has 0 bridgehead atoms. The molecule has 0 aliphatic carbocycles. The number of halogens is 1. The van der Waals surface area contributed by atoms with E-state index in [-0.39, 0.29) is 11.8 Å². The third-order valence-electron chi connectivity index (χ3n) is 3.62. The van der Waals surface area contributed by atoms with E-state index in [2.05, 4.69) is 10.1 Å². The highest BCUT2D eigenvalue weighted by molar-refractivity contribution is 6.30. The fourth-order valence-corrected chi connectivity index (χ4v) is 2.21. The Labute approximate surface area is 138 Å². The number of hydrogen-bond acceptors (Lipinski definition) is 3. The van der Waals surface area contributed by atoms with Crippen molar-refractivity contribution in [3.05, 3.63) is 34.9 Å². The zero-order valence-corrected chi connectivity index (χ0v) is 15.0. The van der Waals surface area contributed by atoms with Crippen LogP contribution in [0.1, 0.15) is 39.7 Å². The van der Waals surface area contributed by atoms with Gasteiger partial charge in [-0.05, 0) is 37.5 Å². The van der Waals surface area contributed by atoms with Crippen LogP contribution in [0, 0.1) is 12.8 Å². The summed E-state index contributed by atoms with van der Waals surface area (Å²) in [6.07, 6.45) is 0.798. The summed E-state index contributed by atoms with van der Waals surface area (Å²) in [5, 5.41) is 3.45. The van der Waals surface area contributed by atoms with Crippen LogP contribution in [0.15, 0.2) is 24.3 Å². The predicted molar refractivity (Wildman–Crippen MR) is 89.9 cm³/mol. The SMILES string of the molecule is CCC(C)C(C)(NC(C)=O)C(=O)OC.Cc1cccc(Cl)c1. The summed E-state index contributed by atoms with van der Waals surface area (Å²) >= 11 is 5.64. The van der Waals surface area contributed by atoms with E-state index < -0.39 is 11.5 Å². The molecule has 124 valence electrons. The molecule has 1 aromatic rings. The van der Waals surface area contributed by atoms with Crippen molar-refractivity contribution in [2.75, 3.05) is 7.11 Å². The molecule has 4 nitrogen and oxygen atoms in total. The Balaban J connectivity index is 0.000000461. The first-order valence-corrected chi connectivity index (χ1v) is 7.64. The molecule has 1 aromatic carbocycles. The third-order valence-corrected chi connectivity index (χ3v) is 3.86. The first kappa shape index (κ1) is 20.5. The van der Waals surface area contributed by atoms with Crippen LogP contribution in [0.3, 0.4) is 0 Å². The van der Waals surface area contributed by atoms with E-state index in [9.17, 15) is 9.59 Å². The summed E-state index contributed by atoms with van der Waals surface area (Å²) < 4.78 is 4.69. The van der Waals surface area contributed by atoms with E-state index in [0.29, 0.717) is 0 Å². The summed E-state index contributed by atoms with van der Waals surface area (Å²) in [5.41, 5.74) is 0.285. The number of esters is 1. The van der Waals surface area contributed by atoms with Crippen molar-refractivity contribution < 1.29 is 14.3 Å². The summed E-state index contributed by atoms with van der Waals surface area (Å²) in [6.45, 7) is 8.98. The summed E-state index contributed by atoms with van der Waals surface area (Å²) in [5.74, 6) is -0.584. The van der Waals surface area contributed by atoms with Gasteiger partial charge in [0.25, 0.3) is 0 Å². The third kappa shape index (κ3) is 6.48. The molecule has 1 amide bonds. The maximum absolute atomic E-state index is 11.5. The van der Waals surface area contributed by atoms with Crippen LogP contribution in [-0.4, -0.2) is 24.5 Å². The molecule has 0 aromatic heterocycles. The minimum Gasteiger partial charge on any atom is -0.467 e. The quantitative estimate of drug-likeness (QED) is 0.857. The van der Waals surface area contributed by atoms with Crippen molar-refractivity contribution >= 4 is 23.5 Å². The van der Waals surface area contributed by atoms with Crippen LogP contribution in [0.4, 0.5) is 0 Å². The Morgan fingerprint density at radius 2 is 2.00 bits per heavy atom. The second-order valence-corrected chi connectivity index (χ2v) is 5.92. The van der Waals surface area contributed by atoms with Crippen LogP contribution in [0.2, 0.25) is 5.02 Å². The maximum atomic E-state index is 11.5. The number of amides is 1. The van der Waals surface area contributed by atoms with E-state index in [1.54, 1.807) is 6.92 Å². The fraction of sp³-hybridized carbons (Fsp3) is 0.529. The van der Waals surface area contributed by atoms with Gasteiger partial charge in [0, 0.05) is 11.9 Å². The molecule has 2 atom stereocenters. The van der Waals surface area contributed by atoms with Crippen molar-refractivity contribution in [1.29, 1.82) is 0 Å². The van der Waals surface area contributed by atoms with Gasteiger partial charge in [0.15, 0.2) is 0 Å². The molecule has 0 spiro atoms. The predicted octanol–water partition coefficient (Wildman–Crippen LogP) is 3.75. The van der Waals surface area contributed by atoms with Gasteiger partial charge in [-0.3, -0.25) is 4.79 Å². The number of ether oxygens (including phenoxy) is 1. The second-order valence-electron chi connectivity index (χ2n) is 5.48. The Kier molecular flexibility index (Phi) is 8.80. The molecule has 0 saturated heterocycles. The topological polar surface area (TPSA) is 55.4 Å². The lowest BCUT2D eigenvalue weighted by Gasteiger charge is -2.32. The lowest BCUT2D eigenvalue weighted by Crippen LogP contribution is -2.56. The van der Waals surface area contributed by atoms with Gasteiger partial charge < -0.3 is 10.1 Å². The van der Waals surface area contributed by atoms with Crippen LogP contribution < -0.4 is 5.32 Å². The number of carbonyl (C=O) groups excluding carboxylic acids is 2. The molecule has 1 rings (SSSR count). The van der Waals surface area contributed by atoms with Crippen LogP contribution in [-0.2, 0) is 14.3 Å². The van der Waals surface area contributed by atoms with Crippen molar-refractivity contribution in [2.24, 2.45) is 5.92 Å². The number of aryl methyl sites for hydroxylation is 1. The van der Waals surface area contributed by atoms with Crippen molar-refractivity contribution in [3.63, 3.8) is 0 Å². The average Bonchev–Trinajstić information content (AvgIpc) is 2.44. The average molecular weight is 328 g/mol. The summed E-state index contributed by atoms with van der Waals surface area (Å²) in [7, 11) is 1.32. The second kappa shape index (κ2) is 9.46. The first-order chi connectivity index (χ1) is 10.2. The van der Waals surface area contributed by atoms with E-state index >= 15 is 0 Å². The van der Waals surface area contributed by atoms with Gasteiger partial charge in [-0.1, -0.05) is 44.0 Å². The van der Waals surface area contributed by atoms with Gasteiger partial charge in [-0.2, -0.15) is 0 Å². The molecule has 2 unspecified atom stereocenters. The fourth-order valence-electron chi connectivity index (χ4n) is 1.97. The Hall–Kier alpha value is -1.55. The summed E-state index contributed by atoms with van der Waals surface area (Å²) in [6, 6.07) is 7.76.